The van der Waals surface area contributed by atoms with E-state index in [0.717, 1.165) is 6.07 Å². The second-order valence-corrected chi connectivity index (χ2v) is 8.01. The van der Waals surface area contributed by atoms with Crippen molar-refractivity contribution >= 4 is 21.6 Å². The Morgan fingerprint density at radius 3 is 2.40 bits per heavy atom. The van der Waals surface area contributed by atoms with Gasteiger partial charge >= 0.3 is 6.18 Å². The first-order valence-electron chi connectivity index (χ1n) is 7.58. The molecule has 0 bridgehead atoms. The average molecular weight is 384 g/mol. The second-order valence-electron chi connectivity index (χ2n) is 5.69. The number of hydrogen-bond acceptors (Lipinski definition) is 3. The van der Waals surface area contributed by atoms with Crippen molar-refractivity contribution in [1.82, 2.24) is 4.72 Å². The van der Waals surface area contributed by atoms with Crippen molar-refractivity contribution in [3.8, 4) is 0 Å². The molecule has 0 aliphatic carbocycles. The van der Waals surface area contributed by atoms with Gasteiger partial charge in [-0.2, -0.15) is 13.2 Å². The van der Waals surface area contributed by atoms with E-state index in [2.05, 4.69) is 10.0 Å². The maximum Gasteiger partial charge on any atom is 0.419 e. The first-order chi connectivity index (χ1) is 11.4. The number of benzene rings is 1. The molecule has 2 N–H and O–H groups in total. The van der Waals surface area contributed by atoms with Crippen LogP contribution in [0.4, 0.5) is 23.2 Å². The number of nitrogens with one attached hydrogen (secondary N) is 2. The fraction of sp³-hybridized carbons (Fsp3) is 0.533. The predicted molar refractivity (Wildman–Crippen MR) is 85.9 cm³/mol. The van der Waals surface area contributed by atoms with E-state index in [9.17, 15) is 30.8 Å². The summed E-state index contributed by atoms with van der Waals surface area (Å²) in [4.78, 5) is 11.7. The minimum absolute atomic E-state index is 0.00212. The first-order valence-corrected chi connectivity index (χ1v) is 9.13. The zero-order valence-electron chi connectivity index (χ0n) is 13.8. The third-order valence-corrected chi connectivity index (χ3v) is 5.16. The number of carbonyl (C=O) groups excluding carboxylic acids is 1. The topological polar surface area (TPSA) is 75.3 Å². The van der Waals surface area contributed by atoms with Gasteiger partial charge in [-0.3, -0.25) is 4.79 Å². The SMILES string of the molecule is CC(C)S(=O)(=O)NCCCCC(=O)Nc1ccc(F)c(C(F)(F)F)c1. The Kier molecular flexibility index (Phi) is 7.36. The highest BCUT2D eigenvalue weighted by molar-refractivity contribution is 7.90. The molecule has 1 aromatic rings. The lowest BCUT2D eigenvalue weighted by molar-refractivity contribution is -0.140. The summed E-state index contributed by atoms with van der Waals surface area (Å²) in [6.07, 6.45) is -4.10. The molecule has 1 rings (SSSR count). The quantitative estimate of drug-likeness (QED) is 0.534. The Bertz CT molecular complexity index is 703. The molecule has 0 saturated carbocycles. The number of rotatable bonds is 8. The minimum atomic E-state index is -4.85. The summed E-state index contributed by atoms with van der Waals surface area (Å²) in [5, 5.41) is 1.70. The predicted octanol–water partition coefficient (Wildman–Crippen LogP) is 3.28. The van der Waals surface area contributed by atoms with Crippen LogP contribution in [-0.2, 0) is 21.0 Å². The summed E-state index contributed by atoms with van der Waals surface area (Å²) < 4.78 is 76.3. The molecule has 0 heterocycles. The van der Waals surface area contributed by atoms with Gasteiger partial charge in [0.25, 0.3) is 0 Å². The molecule has 10 heteroatoms. The van der Waals surface area contributed by atoms with Crippen LogP contribution >= 0.6 is 0 Å². The number of amides is 1. The molecule has 1 amide bonds. The molecule has 0 saturated heterocycles. The Morgan fingerprint density at radius 1 is 1.20 bits per heavy atom. The van der Waals surface area contributed by atoms with Crippen molar-refractivity contribution in [3.63, 3.8) is 0 Å². The number of carbonyl (C=O) groups is 1. The number of alkyl halides is 3. The molecular formula is C15H20F4N2O3S. The lowest BCUT2D eigenvalue weighted by Gasteiger charge is -2.11. The number of hydrogen-bond donors (Lipinski definition) is 2. The van der Waals surface area contributed by atoms with Crippen LogP contribution in [0.15, 0.2) is 18.2 Å². The van der Waals surface area contributed by atoms with Gasteiger partial charge in [0, 0.05) is 18.7 Å². The average Bonchev–Trinajstić information content (AvgIpc) is 2.47. The third-order valence-electron chi connectivity index (χ3n) is 3.31. The van der Waals surface area contributed by atoms with Gasteiger partial charge in [-0.25, -0.2) is 17.5 Å². The summed E-state index contributed by atoms with van der Waals surface area (Å²) >= 11 is 0. The fourth-order valence-corrected chi connectivity index (χ4v) is 2.60. The van der Waals surface area contributed by atoms with Gasteiger partial charge in [0.15, 0.2) is 0 Å². The number of sulfonamides is 1. The molecule has 0 unspecified atom stereocenters. The maximum atomic E-state index is 13.2. The van der Waals surface area contributed by atoms with E-state index in [1.54, 1.807) is 0 Å². The maximum absolute atomic E-state index is 13.2. The molecular weight excluding hydrogens is 364 g/mol. The third kappa shape index (κ3) is 6.99. The van der Waals surface area contributed by atoms with Crippen LogP contribution < -0.4 is 10.0 Å². The largest absolute Gasteiger partial charge is 0.419 e. The van der Waals surface area contributed by atoms with E-state index >= 15 is 0 Å². The molecule has 0 fully saturated rings. The van der Waals surface area contributed by atoms with E-state index in [1.807, 2.05) is 0 Å². The van der Waals surface area contributed by atoms with E-state index < -0.39 is 38.7 Å². The summed E-state index contributed by atoms with van der Waals surface area (Å²) in [6, 6.07) is 2.21. The highest BCUT2D eigenvalue weighted by atomic mass is 32.2. The standard InChI is InChI=1S/C15H20F4N2O3S/c1-10(2)25(23,24)20-8-4-3-5-14(22)21-11-6-7-13(16)12(9-11)15(17,18)19/h6-7,9-10,20H,3-5,8H2,1-2H3,(H,21,22). The molecule has 0 atom stereocenters. The van der Waals surface area contributed by atoms with Crippen molar-refractivity contribution in [2.45, 2.75) is 44.5 Å². The normalized spacial score (nSPS) is 12.4. The van der Waals surface area contributed by atoms with Gasteiger partial charge < -0.3 is 5.32 Å². The number of halogens is 4. The van der Waals surface area contributed by atoms with Gasteiger partial charge in [0.2, 0.25) is 15.9 Å². The first kappa shape index (κ1) is 21.4. The number of anilines is 1. The van der Waals surface area contributed by atoms with Gasteiger partial charge in [0.05, 0.1) is 10.8 Å². The Balaban J connectivity index is 2.46. The summed E-state index contributed by atoms with van der Waals surface area (Å²) in [6.45, 7) is 3.24. The highest BCUT2D eigenvalue weighted by Gasteiger charge is 2.34. The van der Waals surface area contributed by atoms with Gasteiger partial charge in [-0.1, -0.05) is 0 Å². The molecule has 142 valence electrons. The molecule has 5 nitrogen and oxygen atoms in total. The fourth-order valence-electron chi connectivity index (χ4n) is 1.84. The zero-order chi connectivity index (χ0) is 19.3. The molecule has 25 heavy (non-hydrogen) atoms. The van der Waals surface area contributed by atoms with Crippen LogP contribution in [-0.4, -0.2) is 26.1 Å². The van der Waals surface area contributed by atoms with Crippen molar-refractivity contribution in [1.29, 1.82) is 0 Å². The lowest BCUT2D eigenvalue weighted by atomic mass is 10.1. The van der Waals surface area contributed by atoms with Crippen LogP contribution in [0.3, 0.4) is 0 Å². The smallest absolute Gasteiger partial charge is 0.326 e. The lowest BCUT2D eigenvalue weighted by Crippen LogP contribution is -2.31. The van der Waals surface area contributed by atoms with Crippen molar-refractivity contribution < 1.29 is 30.8 Å². The van der Waals surface area contributed by atoms with E-state index in [-0.39, 0.29) is 18.7 Å². The van der Waals surface area contributed by atoms with Gasteiger partial charge in [0.1, 0.15) is 5.82 Å². The molecule has 0 spiro atoms. The van der Waals surface area contributed by atoms with Gasteiger partial charge in [-0.05, 0) is 44.9 Å². The summed E-state index contributed by atoms with van der Waals surface area (Å²) in [5.41, 5.74) is -1.60. The second kappa shape index (κ2) is 8.61. The van der Waals surface area contributed by atoms with Crippen molar-refractivity contribution in [3.05, 3.63) is 29.6 Å². The van der Waals surface area contributed by atoms with E-state index in [1.165, 1.54) is 13.8 Å². The Morgan fingerprint density at radius 2 is 1.84 bits per heavy atom. The Labute approximate surface area is 143 Å². The highest BCUT2D eigenvalue weighted by Crippen LogP contribution is 2.33. The molecule has 0 aliphatic rings. The van der Waals surface area contributed by atoms with Crippen LogP contribution in [0.25, 0.3) is 0 Å². The zero-order valence-corrected chi connectivity index (χ0v) is 14.6. The summed E-state index contributed by atoms with van der Waals surface area (Å²) in [5.74, 6) is -1.95. The Hall–Kier alpha value is -1.68. The van der Waals surface area contributed by atoms with Crippen LogP contribution in [0.1, 0.15) is 38.7 Å². The monoisotopic (exact) mass is 384 g/mol. The summed E-state index contributed by atoms with van der Waals surface area (Å²) in [7, 11) is -3.36. The minimum Gasteiger partial charge on any atom is -0.326 e. The van der Waals surface area contributed by atoms with Crippen LogP contribution in [0.5, 0.6) is 0 Å². The van der Waals surface area contributed by atoms with Crippen molar-refractivity contribution in [2.75, 3.05) is 11.9 Å². The van der Waals surface area contributed by atoms with E-state index in [4.69, 9.17) is 0 Å². The molecule has 0 aromatic heterocycles. The molecule has 0 radical (unpaired) electrons. The molecule has 1 aromatic carbocycles. The van der Waals surface area contributed by atoms with Crippen LogP contribution in [0, 0.1) is 5.82 Å². The van der Waals surface area contributed by atoms with Crippen LogP contribution in [0.2, 0.25) is 0 Å². The van der Waals surface area contributed by atoms with Gasteiger partial charge in [-0.15, -0.1) is 0 Å². The number of unbranched alkanes of at least 4 members (excludes halogenated alkanes) is 1. The molecule has 0 aliphatic heterocycles. The van der Waals surface area contributed by atoms with E-state index in [0.29, 0.717) is 25.0 Å². The van der Waals surface area contributed by atoms with Crippen molar-refractivity contribution in [2.24, 2.45) is 0 Å².